The number of anilines is 1. The molecule has 1 aliphatic rings. The van der Waals surface area contributed by atoms with Crippen LogP contribution >= 0.6 is 0 Å². The molecule has 162 valence electrons. The maximum absolute atomic E-state index is 13.5. The molecule has 2 heterocycles. The predicted molar refractivity (Wildman–Crippen MR) is 114 cm³/mol. The van der Waals surface area contributed by atoms with Gasteiger partial charge in [-0.05, 0) is 24.7 Å². The van der Waals surface area contributed by atoms with Crippen molar-refractivity contribution >= 4 is 11.7 Å². The fourth-order valence-corrected chi connectivity index (χ4v) is 3.64. The molecule has 30 heavy (non-hydrogen) atoms. The lowest BCUT2D eigenvalue weighted by Gasteiger charge is -2.20. The first-order valence-electron chi connectivity index (χ1n) is 10.1. The topological polar surface area (TPSA) is 61.8 Å². The smallest absolute Gasteiger partial charge is 0.223 e. The minimum atomic E-state index is -0.238. The number of carbonyl (C=O) groups excluding carboxylic acids is 1. The molecule has 0 bridgehead atoms. The second kappa shape index (κ2) is 9.95. The van der Waals surface area contributed by atoms with Crippen molar-refractivity contribution in [3.8, 4) is 0 Å². The van der Waals surface area contributed by atoms with Crippen LogP contribution in [0.2, 0.25) is 0 Å². The van der Waals surface area contributed by atoms with E-state index < -0.39 is 0 Å². The molecule has 1 aromatic heterocycles. The Labute approximate surface area is 177 Å². The molecule has 1 unspecified atom stereocenters. The Morgan fingerprint density at radius 1 is 1.20 bits per heavy atom. The minimum Gasteiger partial charge on any atom is -0.383 e. The maximum atomic E-state index is 13.5. The van der Waals surface area contributed by atoms with Crippen molar-refractivity contribution in [2.75, 3.05) is 52.8 Å². The number of nitrogens with zero attached hydrogens (tertiary/aromatic N) is 5. The summed E-state index contributed by atoms with van der Waals surface area (Å²) in [5.41, 5.74) is 1.78. The lowest BCUT2D eigenvalue weighted by atomic mass is 10.0. The molecule has 1 atom stereocenters. The van der Waals surface area contributed by atoms with Gasteiger partial charge in [0.25, 0.3) is 0 Å². The van der Waals surface area contributed by atoms with E-state index in [-0.39, 0.29) is 17.6 Å². The summed E-state index contributed by atoms with van der Waals surface area (Å²) >= 11 is 0. The Balaban J connectivity index is 1.75. The summed E-state index contributed by atoms with van der Waals surface area (Å²) in [6.07, 6.45) is 0.451. The maximum Gasteiger partial charge on any atom is 0.223 e. The molecule has 0 saturated carbocycles. The summed E-state index contributed by atoms with van der Waals surface area (Å²) in [6.45, 7) is 2.89. The summed E-state index contributed by atoms with van der Waals surface area (Å²) in [7, 11) is 7.48. The van der Waals surface area contributed by atoms with Gasteiger partial charge in [0.1, 0.15) is 17.5 Å². The van der Waals surface area contributed by atoms with E-state index >= 15 is 0 Å². The number of halogens is 1. The molecule has 1 aliphatic heterocycles. The highest BCUT2D eigenvalue weighted by atomic mass is 19.1. The first-order valence-corrected chi connectivity index (χ1v) is 10.1. The molecule has 1 amide bonds. The number of rotatable bonds is 9. The van der Waals surface area contributed by atoms with Crippen molar-refractivity contribution in [1.29, 1.82) is 0 Å². The van der Waals surface area contributed by atoms with Gasteiger partial charge in [0.15, 0.2) is 0 Å². The van der Waals surface area contributed by atoms with E-state index in [2.05, 4.69) is 9.88 Å². The first kappa shape index (κ1) is 22.1. The Hall–Kier alpha value is -2.58. The van der Waals surface area contributed by atoms with Crippen molar-refractivity contribution < 1.29 is 13.9 Å². The standard InChI is InChI=1S/C22H30FN5O2/c1-26(2)21-12-19(17-11-22(29)28(14-17)8-9-30-4)24-20(25-21)15-27(3)13-16-6-5-7-18(23)10-16/h5-7,10,12,17H,8-9,11,13-15H2,1-4H3. The second-order valence-corrected chi connectivity index (χ2v) is 8.00. The number of aromatic nitrogens is 2. The Morgan fingerprint density at radius 2 is 2.00 bits per heavy atom. The van der Waals surface area contributed by atoms with Gasteiger partial charge in [0.2, 0.25) is 5.91 Å². The third-order valence-electron chi connectivity index (χ3n) is 5.19. The van der Waals surface area contributed by atoms with Gasteiger partial charge in [-0.25, -0.2) is 14.4 Å². The molecule has 1 saturated heterocycles. The van der Waals surface area contributed by atoms with E-state index in [9.17, 15) is 9.18 Å². The molecule has 2 aromatic rings. The van der Waals surface area contributed by atoms with Crippen molar-refractivity contribution in [2.24, 2.45) is 0 Å². The van der Waals surface area contributed by atoms with Crippen molar-refractivity contribution in [2.45, 2.75) is 25.4 Å². The van der Waals surface area contributed by atoms with Gasteiger partial charge < -0.3 is 14.5 Å². The number of methoxy groups -OCH3 is 1. The van der Waals surface area contributed by atoms with Crippen molar-refractivity contribution in [1.82, 2.24) is 19.8 Å². The quantitative estimate of drug-likeness (QED) is 0.626. The minimum absolute atomic E-state index is 0.0448. The van der Waals surface area contributed by atoms with E-state index in [0.717, 1.165) is 17.1 Å². The Morgan fingerprint density at radius 3 is 2.70 bits per heavy atom. The molecule has 0 aliphatic carbocycles. The lowest BCUT2D eigenvalue weighted by Crippen LogP contribution is -2.28. The largest absolute Gasteiger partial charge is 0.383 e. The van der Waals surface area contributed by atoms with Crippen LogP contribution in [0.3, 0.4) is 0 Å². The highest BCUT2D eigenvalue weighted by Crippen LogP contribution is 2.28. The fourth-order valence-electron chi connectivity index (χ4n) is 3.64. The normalized spacial score (nSPS) is 16.5. The Bertz CT molecular complexity index is 876. The molecule has 0 spiro atoms. The zero-order valence-corrected chi connectivity index (χ0v) is 18.1. The monoisotopic (exact) mass is 415 g/mol. The molecular weight excluding hydrogens is 385 g/mol. The molecule has 1 fully saturated rings. The number of hydrogen-bond donors (Lipinski definition) is 0. The third kappa shape index (κ3) is 5.73. The number of ether oxygens (including phenoxy) is 1. The van der Waals surface area contributed by atoms with Crippen LogP contribution < -0.4 is 4.90 Å². The van der Waals surface area contributed by atoms with E-state index in [1.54, 1.807) is 13.2 Å². The van der Waals surface area contributed by atoms with Gasteiger partial charge in [-0.1, -0.05) is 12.1 Å². The Kier molecular flexibility index (Phi) is 7.33. The summed E-state index contributed by atoms with van der Waals surface area (Å²) < 4.78 is 18.6. The van der Waals surface area contributed by atoms with E-state index in [0.29, 0.717) is 45.0 Å². The van der Waals surface area contributed by atoms with Crippen LogP contribution in [0.25, 0.3) is 0 Å². The van der Waals surface area contributed by atoms with Crippen LogP contribution in [0, 0.1) is 5.82 Å². The highest BCUT2D eigenvalue weighted by Gasteiger charge is 2.32. The number of carbonyl (C=O) groups is 1. The van der Waals surface area contributed by atoms with Gasteiger partial charge in [0, 0.05) is 59.2 Å². The van der Waals surface area contributed by atoms with Crippen LogP contribution in [-0.2, 0) is 22.6 Å². The van der Waals surface area contributed by atoms with Gasteiger partial charge in [0.05, 0.1) is 18.8 Å². The zero-order chi connectivity index (χ0) is 21.7. The summed E-state index contributed by atoms with van der Waals surface area (Å²) in [4.78, 5) is 27.6. The second-order valence-electron chi connectivity index (χ2n) is 8.00. The van der Waals surface area contributed by atoms with Gasteiger partial charge in [-0.15, -0.1) is 0 Å². The molecule has 0 N–H and O–H groups in total. The SMILES string of the molecule is COCCN1CC(c2cc(N(C)C)nc(CN(C)Cc3cccc(F)c3)n2)CC1=O. The average Bonchev–Trinajstić information content (AvgIpc) is 3.06. The first-order chi connectivity index (χ1) is 14.4. The average molecular weight is 416 g/mol. The predicted octanol–water partition coefficient (Wildman–Crippen LogP) is 2.28. The van der Waals surface area contributed by atoms with Crippen LogP contribution in [0.15, 0.2) is 30.3 Å². The molecular formula is C22H30FN5O2. The van der Waals surface area contributed by atoms with E-state index in [4.69, 9.17) is 9.72 Å². The fraction of sp³-hybridized carbons (Fsp3) is 0.500. The van der Waals surface area contributed by atoms with Gasteiger partial charge in [-0.3, -0.25) is 9.69 Å². The molecule has 1 aromatic carbocycles. The molecule has 0 radical (unpaired) electrons. The summed E-state index contributed by atoms with van der Waals surface area (Å²) in [5.74, 6) is 1.45. The number of hydrogen-bond acceptors (Lipinski definition) is 6. The van der Waals surface area contributed by atoms with Crippen molar-refractivity contribution in [3.05, 3.63) is 53.2 Å². The van der Waals surface area contributed by atoms with Crippen LogP contribution in [0.4, 0.5) is 10.2 Å². The van der Waals surface area contributed by atoms with Crippen LogP contribution in [-0.4, -0.2) is 73.6 Å². The molecule has 7 nitrogen and oxygen atoms in total. The van der Waals surface area contributed by atoms with E-state index in [1.807, 2.05) is 43.1 Å². The lowest BCUT2D eigenvalue weighted by molar-refractivity contribution is -0.128. The van der Waals surface area contributed by atoms with Crippen LogP contribution in [0.1, 0.15) is 29.4 Å². The third-order valence-corrected chi connectivity index (χ3v) is 5.19. The van der Waals surface area contributed by atoms with Crippen molar-refractivity contribution in [3.63, 3.8) is 0 Å². The molecule has 8 heteroatoms. The van der Waals surface area contributed by atoms with E-state index in [1.165, 1.54) is 12.1 Å². The highest BCUT2D eigenvalue weighted by molar-refractivity contribution is 5.79. The van der Waals surface area contributed by atoms with Gasteiger partial charge >= 0.3 is 0 Å². The summed E-state index contributed by atoms with van der Waals surface area (Å²) in [5, 5.41) is 0. The number of amides is 1. The van der Waals surface area contributed by atoms with Gasteiger partial charge in [-0.2, -0.15) is 0 Å². The summed E-state index contributed by atoms with van der Waals surface area (Å²) in [6, 6.07) is 8.57. The zero-order valence-electron chi connectivity index (χ0n) is 18.1. The van der Waals surface area contributed by atoms with Crippen LogP contribution in [0.5, 0.6) is 0 Å². The number of likely N-dealkylation sites (tertiary alicyclic amines) is 1. The number of benzene rings is 1. The molecule has 3 rings (SSSR count).